The smallest absolute Gasteiger partial charge is 0.272 e. The normalized spacial score (nSPS) is 11.9. The minimum Gasteiger partial charge on any atom is -0.493 e. The minimum atomic E-state index is -0.546. The van der Waals surface area contributed by atoms with Gasteiger partial charge in [0.25, 0.3) is 11.8 Å². The van der Waals surface area contributed by atoms with Gasteiger partial charge in [-0.3, -0.25) is 14.4 Å². The number of carbonyl (C=O) groups excluding carboxylic acids is 3. The third-order valence-corrected chi connectivity index (χ3v) is 9.79. The molecule has 0 radical (unpaired) electrons. The summed E-state index contributed by atoms with van der Waals surface area (Å²) in [7, 11) is 4.50. The highest BCUT2D eigenvalue weighted by molar-refractivity contribution is 8.00. The number of aryl methyl sites for hydroxylation is 1. The standard InChI is InChI=1S/C42H40N4O6S/c1-6-46-35-15-11-10-14-32(35)33-25-30(18-21-36(33)46)44-40(47)26(2)53-31-19-16-29(17-20-31)43-42(49)34(45-41(48)28-12-8-7-9-13-28)22-27-23-37(50-3)39(52-5)38(24-27)51-4/h7-26H,6H2,1-5H3,(H,43,49)(H,44,47)(H,45,48)/b34-22-. The topological polar surface area (TPSA) is 120 Å². The summed E-state index contributed by atoms with van der Waals surface area (Å²) in [5.74, 6) is 0.0614. The van der Waals surface area contributed by atoms with E-state index in [0.717, 1.165) is 33.4 Å². The fourth-order valence-electron chi connectivity index (χ4n) is 6.08. The fourth-order valence-corrected chi connectivity index (χ4v) is 6.95. The van der Waals surface area contributed by atoms with Crippen LogP contribution >= 0.6 is 11.8 Å². The van der Waals surface area contributed by atoms with E-state index in [2.05, 4.69) is 45.6 Å². The Bertz CT molecular complexity index is 2290. The number of aromatic nitrogens is 1. The Labute approximate surface area is 312 Å². The molecule has 0 aliphatic carbocycles. The van der Waals surface area contributed by atoms with Crippen LogP contribution < -0.4 is 30.2 Å². The third kappa shape index (κ3) is 8.15. The van der Waals surface area contributed by atoms with Gasteiger partial charge in [-0.2, -0.15) is 0 Å². The average Bonchev–Trinajstić information content (AvgIpc) is 3.50. The maximum absolute atomic E-state index is 13.7. The lowest BCUT2D eigenvalue weighted by Crippen LogP contribution is -2.30. The first-order valence-electron chi connectivity index (χ1n) is 17.0. The molecule has 1 atom stereocenters. The Kier molecular flexibility index (Phi) is 11.3. The molecule has 270 valence electrons. The van der Waals surface area contributed by atoms with Gasteiger partial charge in [0, 0.05) is 50.2 Å². The minimum absolute atomic E-state index is 0.00526. The summed E-state index contributed by atoms with van der Waals surface area (Å²) in [6, 6.07) is 33.4. The van der Waals surface area contributed by atoms with Gasteiger partial charge in [0.1, 0.15) is 5.70 Å². The SMILES string of the molecule is CCn1c2ccccc2c2cc(NC(=O)C(C)Sc3ccc(NC(=O)/C(=C/c4cc(OC)c(OC)c(OC)c4)NC(=O)c4ccccc4)cc3)ccc21. The molecule has 1 heterocycles. The number of nitrogens with zero attached hydrogens (tertiary/aromatic N) is 1. The van der Waals surface area contributed by atoms with Crippen LogP contribution in [0.5, 0.6) is 17.2 Å². The van der Waals surface area contributed by atoms with Gasteiger partial charge in [-0.1, -0.05) is 36.4 Å². The van der Waals surface area contributed by atoms with Crippen LogP contribution in [0.15, 0.2) is 120 Å². The molecule has 10 nitrogen and oxygen atoms in total. The Morgan fingerprint density at radius 1 is 0.736 bits per heavy atom. The molecule has 1 unspecified atom stereocenters. The Morgan fingerprint density at radius 2 is 1.38 bits per heavy atom. The molecular formula is C42H40N4O6S. The maximum Gasteiger partial charge on any atom is 0.272 e. The second kappa shape index (κ2) is 16.4. The molecule has 5 aromatic carbocycles. The number of hydrogen-bond donors (Lipinski definition) is 3. The number of amides is 3. The number of anilines is 2. The molecule has 0 fully saturated rings. The lowest BCUT2D eigenvalue weighted by atomic mass is 10.1. The van der Waals surface area contributed by atoms with Crippen LogP contribution in [0.4, 0.5) is 11.4 Å². The molecule has 0 saturated heterocycles. The van der Waals surface area contributed by atoms with Gasteiger partial charge in [-0.05, 0) is 98.3 Å². The van der Waals surface area contributed by atoms with E-state index < -0.39 is 17.1 Å². The number of ether oxygens (including phenoxy) is 3. The zero-order valence-corrected chi connectivity index (χ0v) is 30.9. The van der Waals surface area contributed by atoms with E-state index in [4.69, 9.17) is 14.2 Å². The predicted molar refractivity (Wildman–Crippen MR) is 212 cm³/mol. The average molecular weight is 729 g/mol. The number of benzene rings is 5. The summed E-state index contributed by atoms with van der Waals surface area (Å²) < 4.78 is 18.6. The Balaban J connectivity index is 1.15. The molecule has 3 N–H and O–H groups in total. The number of hydrogen-bond acceptors (Lipinski definition) is 7. The van der Waals surface area contributed by atoms with Crippen molar-refractivity contribution in [2.75, 3.05) is 32.0 Å². The molecule has 0 spiro atoms. The summed E-state index contributed by atoms with van der Waals surface area (Å²) in [6.45, 7) is 4.83. The van der Waals surface area contributed by atoms with Crippen molar-refractivity contribution in [1.82, 2.24) is 9.88 Å². The van der Waals surface area contributed by atoms with Gasteiger partial charge < -0.3 is 34.7 Å². The summed E-state index contributed by atoms with van der Waals surface area (Å²) in [4.78, 5) is 40.9. The molecule has 1 aromatic heterocycles. The number of thioether (sulfide) groups is 1. The number of fused-ring (bicyclic) bond motifs is 3. The molecule has 3 amide bonds. The Hall–Kier alpha value is -6.20. The van der Waals surface area contributed by atoms with Crippen molar-refractivity contribution in [2.24, 2.45) is 0 Å². The van der Waals surface area contributed by atoms with Crippen LogP contribution in [-0.4, -0.2) is 48.9 Å². The Morgan fingerprint density at radius 3 is 2.04 bits per heavy atom. The molecule has 0 bridgehead atoms. The van der Waals surface area contributed by atoms with Crippen LogP contribution in [0.2, 0.25) is 0 Å². The number of carbonyl (C=O) groups is 3. The number of rotatable bonds is 13. The van der Waals surface area contributed by atoms with Crippen molar-refractivity contribution >= 4 is 68.7 Å². The van der Waals surface area contributed by atoms with Gasteiger partial charge in [0.2, 0.25) is 11.7 Å². The van der Waals surface area contributed by atoms with E-state index in [0.29, 0.717) is 34.1 Å². The van der Waals surface area contributed by atoms with Crippen molar-refractivity contribution in [3.8, 4) is 17.2 Å². The molecule has 53 heavy (non-hydrogen) atoms. The summed E-state index contributed by atoms with van der Waals surface area (Å²) in [5, 5.41) is 10.5. The van der Waals surface area contributed by atoms with Crippen LogP contribution in [0, 0.1) is 0 Å². The van der Waals surface area contributed by atoms with Gasteiger partial charge in [-0.15, -0.1) is 11.8 Å². The van der Waals surface area contributed by atoms with E-state index in [9.17, 15) is 14.4 Å². The van der Waals surface area contributed by atoms with Crippen molar-refractivity contribution < 1.29 is 28.6 Å². The zero-order valence-electron chi connectivity index (χ0n) is 30.1. The first-order chi connectivity index (χ1) is 25.7. The second-order valence-electron chi connectivity index (χ2n) is 12.1. The van der Waals surface area contributed by atoms with Crippen molar-refractivity contribution in [3.63, 3.8) is 0 Å². The fraction of sp³-hybridized carbons (Fsp3) is 0.167. The van der Waals surface area contributed by atoms with Crippen LogP contribution in [-0.2, 0) is 16.1 Å². The molecule has 11 heteroatoms. The molecule has 6 aromatic rings. The first kappa shape index (κ1) is 36.6. The number of nitrogens with one attached hydrogen (secondary N) is 3. The zero-order chi connectivity index (χ0) is 37.5. The van der Waals surface area contributed by atoms with E-state index in [1.165, 1.54) is 44.7 Å². The largest absolute Gasteiger partial charge is 0.493 e. The van der Waals surface area contributed by atoms with E-state index in [1.54, 1.807) is 54.6 Å². The predicted octanol–water partition coefficient (Wildman–Crippen LogP) is 8.37. The molecule has 6 rings (SSSR count). The van der Waals surface area contributed by atoms with Crippen LogP contribution in [0.25, 0.3) is 27.9 Å². The summed E-state index contributed by atoms with van der Waals surface area (Å²) in [5.41, 5.74) is 4.45. The quantitative estimate of drug-likeness (QED) is 0.0808. The van der Waals surface area contributed by atoms with Gasteiger partial charge in [0.15, 0.2) is 11.5 Å². The van der Waals surface area contributed by atoms with E-state index in [-0.39, 0.29) is 11.6 Å². The van der Waals surface area contributed by atoms with Crippen molar-refractivity contribution in [2.45, 2.75) is 30.5 Å². The highest BCUT2D eigenvalue weighted by Gasteiger charge is 2.19. The van der Waals surface area contributed by atoms with Crippen LogP contribution in [0.3, 0.4) is 0 Å². The summed E-state index contributed by atoms with van der Waals surface area (Å²) >= 11 is 1.41. The van der Waals surface area contributed by atoms with Crippen molar-refractivity contribution in [1.29, 1.82) is 0 Å². The number of methoxy groups -OCH3 is 3. The lowest BCUT2D eigenvalue weighted by Gasteiger charge is -2.15. The van der Waals surface area contributed by atoms with Gasteiger partial charge >= 0.3 is 0 Å². The monoisotopic (exact) mass is 728 g/mol. The van der Waals surface area contributed by atoms with Gasteiger partial charge in [0.05, 0.1) is 26.6 Å². The third-order valence-electron chi connectivity index (χ3n) is 8.68. The number of para-hydroxylation sites is 1. The van der Waals surface area contributed by atoms with Crippen molar-refractivity contribution in [3.05, 3.63) is 126 Å². The highest BCUT2D eigenvalue weighted by Crippen LogP contribution is 2.39. The lowest BCUT2D eigenvalue weighted by molar-refractivity contribution is -0.115. The molecule has 0 aliphatic rings. The second-order valence-corrected chi connectivity index (χ2v) is 13.5. The van der Waals surface area contributed by atoms with E-state index >= 15 is 0 Å². The highest BCUT2D eigenvalue weighted by atomic mass is 32.2. The molecular weight excluding hydrogens is 689 g/mol. The summed E-state index contributed by atoms with van der Waals surface area (Å²) in [6.07, 6.45) is 1.53. The van der Waals surface area contributed by atoms with Crippen LogP contribution in [0.1, 0.15) is 29.8 Å². The first-order valence-corrected chi connectivity index (χ1v) is 17.9. The molecule has 0 saturated carbocycles. The van der Waals surface area contributed by atoms with E-state index in [1.807, 2.05) is 43.3 Å². The maximum atomic E-state index is 13.7. The van der Waals surface area contributed by atoms with Gasteiger partial charge in [-0.25, -0.2) is 0 Å². The molecule has 0 aliphatic heterocycles.